The Hall–Kier alpha value is -0.840. The van der Waals surface area contributed by atoms with Gasteiger partial charge in [0.15, 0.2) is 11.8 Å². The molecule has 1 rings (SSSR count). The average Bonchev–Trinajstić information content (AvgIpc) is 2.20. The quantitative estimate of drug-likeness (QED) is 0.407. The molecule has 0 aromatic heterocycles. The molecule has 1 amide bonds. The number of amides is 1. The molecule has 1 saturated heterocycles. The number of carbonyl (C=O) groups is 2. The minimum absolute atomic E-state index is 0.165. The molecule has 1 N–H and O–H groups in total. The number of ketones is 1. The predicted molar refractivity (Wildman–Crippen MR) is 35.1 cm³/mol. The second kappa shape index (κ2) is 2.83. The van der Waals surface area contributed by atoms with Gasteiger partial charge in [0.1, 0.15) is 0 Å². The molecule has 0 spiro atoms. The van der Waals surface area contributed by atoms with E-state index in [0.29, 0.717) is 0 Å². The van der Waals surface area contributed by atoms with Gasteiger partial charge in [0.25, 0.3) is 0 Å². The van der Waals surface area contributed by atoms with Gasteiger partial charge in [-0.2, -0.15) is 0 Å². The average molecular weight is 158 g/mol. The zero-order valence-electron chi connectivity index (χ0n) is 4.92. The molecule has 1 radical (unpaired) electrons. The zero-order valence-corrected chi connectivity index (χ0v) is 5.73. The van der Waals surface area contributed by atoms with Crippen LogP contribution >= 0.6 is 11.8 Å². The van der Waals surface area contributed by atoms with E-state index in [9.17, 15) is 14.4 Å². The van der Waals surface area contributed by atoms with Crippen molar-refractivity contribution in [1.29, 1.82) is 0 Å². The molecule has 5 heteroatoms. The summed E-state index contributed by atoms with van der Waals surface area (Å²) in [6.07, 6.45) is 1.32. The van der Waals surface area contributed by atoms with Gasteiger partial charge in [-0.15, -0.1) is 0 Å². The third kappa shape index (κ3) is 1.18. The Kier molecular flexibility index (Phi) is 2.06. The molecule has 1 unspecified atom stereocenters. The van der Waals surface area contributed by atoms with Crippen molar-refractivity contribution >= 4 is 29.1 Å². The summed E-state index contributed by atoms with van der Waals surface area (Å²) >= 11 is 0.924. The summed E-state index contributed by atoms with van der Waals surface area (Å²) in [5, 5.41) is 1.72. The summed E-state index contributed by atoms with van der Waals surface area (Å²) in [6.45, 7) is 0. The lowest BCUT2D eigenvalue weighted by Crippen LogP contribution is -2.37. The van der Waals surface area contributed by atoms with E-state index in [4.69, 9.17) is 0 Å². The molecule has 1 aliphatic heterocycles. The number of rotatable bonds is 2. The van der Waals surface area contributed by atoms with Crippen LogP contribution in [-0.2, 0) is 14.4 Å². The van der Waals surface area contributed by atoms with Crippen LogP contribution in [0.25, 0.3) is 0 Å². The van der Waals surface area contributed by atoms with Crippen molar-refractivity contribution in [3.63, 3.8) is 0 Å². The minimum Gasteiger partial charge on any atom is -0.331 e. The summed E-state index contributed by atoms with van der Waals surface area (Å²) in [4.78, 5) is 31.1. The molecule has 1 atom stereocenters. The maximum Gasteiger partial charge on any atom is 0.310 e. The molecule has 0 aromatic rings. The van der Waals surface area contributed by atoms with Crippen LogP contribution in [0.5, 0.6) is 0 Å². The SMILES string of the molecule is O=[C]NC1C(=O)CSC1=O. The van der Waals surface area contributed by atoms with E-state index in [-0.39, 0.29) is 16.7 Å². The molecular formula is C5H4NO3S. The Morgan fingerprint density at radius 3 is 2.70 bits per heavy atom. The first kappa shape index (κ1) is 7.27. The predicted octanol–water partition coefficient (Wildman–Crippen LogP) is -1.15. The second-order valence-corrected chi connectivity index (χ2v) is 2.73. The lowest BCUT2D eigenvalue weighted by molar-refractivity contribution is -0.122. The van der Waals surface area contributed by atoms with Gasteiger partial charge in [0, 0.05) is 0 Å². The summed E-state index contributed by atoms with van der Waals surface area (Å²) in [5.41, 5.74) is 0. The third-order valence-electron chi connectivity index (χ3n) is 1.12. The molecule has 1 aliphatic rings. The molecule has 1 fully saturated rings. The molecule has 4 nitrogen and oxygen atoms in total. The van der Waals surface area contributed by atoms with Crippen LogP contribution in [-0.4, -0.2) is 29.1 Å². The molecule has 10 heavy (non-hydrogen) atoms. The van der Waals surface area contributed by atoms with Gasteiger partial charge in [0.2, 0.25) is 5.12 Å². The van der Waals surface area contributed by atoms with E-state index in [2.05, 4.69) is 0 Å². The van der Waals surface area contributed by atoms with E-state index < -0.39 is 6.04 Å². The van der Waals surface area contributed by atoms with Gasteiger partial charge in [-0.25, -0.2) is 0 Å². The number of nitrogens with one attached hydrogen (secondary N) is 1. The van der Waals surface area contributed by atoms with Crippen molar-refractivity contribution in [2.45, 2.75) is 6.04 Å². The first-order chi connectivity index (χ1) is 4.75. The highest BCUT2D eigenvalue weighted by atomic mass is 32.2. The van der Waals surface area contributed by atoms with Crippen LogP contribution in [0.15, 0.2) is 0 Å². The molecular weight excluding hydrogens is 154 g/mol. The Bertz CT molecular complexity index is 175. The highest BCUT2D eigenvalue weighted by Crippen LogP contribution is 2.15. The van der Waals surface area contributed by atoms with E-state index in [1.807, 2.05) is 5.32 Å². The number of thioether (sulfide) groups is 1. The van der Waals surface area contributed by atoms with Crippen LogP contribution < -0.4 is 5.32 Å². The Labute approximate surface area is 61.4 Å². The molecule has 0 aromatic carbocycles. The van der Waals surface area contributed by atoms with Crippen LogP contribution in [0.3, 0.4) is 0 Å². The lowest BCUT2D eigenvalue weighted by Gasteiger charge is -1.99. The van der Waals surface area contributed by atoms with Gasteiger partial charge in [-0.1, -0.05) is 11.8 Å². The normalized spacial score (nSPS) is 25.0. The summed E-state index contributed by atoms with van der Waals surface area (Å²) < 4.78 is 0. The lowest BCUT2D eigenvalue weighted by atomic mass is 10.2. The summed E-state index contributed by atoms with van der Waals surface area (Å²) in [7, 11) is 0. The first-order valence-electron chi connectivity index (χ1n) is 2.57. The monoisotopic (exact) mass is 158 g/mol. The van der Waals surface area contributed by atoms with Gasteiger partial charge in [-0.05, 0) is 0 Å². The molecule has 53 valence electrons. The van der Waals surface area contributed by atoms with E-state index in [0.717, 1.165) is 11.8 Å². The molecule has 0 saturated carbocycles. The van der Waals surface area contributed by atoms with Crippen molar-refractivity contribution in [1.82, 2.24) is 5.32 Å². The van der Waals surface area contributed by atoms with Crippen LogP contribution in [0.1, 0.15) is 0 Å². The summed E-state index contributed by atoms with van der Waals surface area (Å²) in [5.74, 6) is -0.0867. The smallest absolute Gasteiger partial charge is 0.310 e. The maximum absolute atomic E-state index is 10.7. The zero-order chi connectivity index (χ0) is 7.56. The van der Waals surface area contributed by atoms with Crippen molar-refractivity contribution < 1.29 is 14.4 Å². The number of hydrogen-bond acceptors (Lipinski definition) is 4. The van der Waals surface area contributed by atoms with Crippen molar-refractivity contribution in [2.24, 2.45) is 0 Å². The third-order valence-corrected chi connectivity index (χ3v) is 2.07. The fourth-order valence-corrected chi connectivity index (χ4v) is 1.45. The van der Waals surface area contributed by atoms with Crippen LogP contribution in [0, 0.1) is 0 Å². The van der Waals surface area contributed by atoms with Gasteiger partial charge in [-0.3, -0.25) is 14.4 Å². The minimum atomic E-state index is -0.942. The van der Waals surface area contributed by atoms with Crippen molar-refractivity contribution in [3.05, 3.63) is 0 Å². The molecule has 1 heterocycles. The van der Waals surface area contributed by atoms with Crippen LogP contribution in [0.4, 0.5) is 0 Å². The fraction of sp³-hybridized carbons (Fsp3) is 0.400. The topological polar surface area (TPSA) is 63.2 Å². The van der Waals surface area contributed by atoms with E-state index in [1.165, 1.54) is 6.41 Å². The Balaban J connectivity index is 2.62. The standard InChI is InChI=1S/C5H4NO3S/c7-2-6-4-3(8)1-10-5(4)9/h4H,1H2,(H,6,7). The first-order valence-corrected chi connectivity index (χ1v) is 3.56. The summed E-state index contributed by atoms with van der Waals surface area (Å²) in [6, 6.07) is -0.942. The Morgan fingerprint density at radius 1 is 1.60 bits per heavy atom. The molecule has 0 bridgehead atoms. The maximum atomic E-state index is 10.7. The number of Topliss-reactive ketones (excluding diaryl/α,β-unsaturated/α-hetero) is 1. The molecule has 0 aliphatic carbocycles. The van der Waals surface area contributed by atoms with Crippen molar-refractivity contribution in [2.75, 3.05) is 5.75 Å². The van der Waals surface area contributed by atoms with Gasteiger partial charge < -0.3 is 5.32 Å². The van der Waals surface area contributed by atoms with Gasteiger partial charge in [0.05, 0.1) is 5.75 Å². The van der Waals surface area contributed by atoms with Gasteiger partial charge >= 0.3 is 6.41 Å². The highest BCUT2D eigenvalue weighted by Gasteiger charge is 2.33. The number of carbonyl (C=O) groups excluding carboxylic acids is 3. The Morgan fingerprint density at radius 2 is 2.30 bits per heavy atom. The van der Waals surface area contributed by atoms with E-state index in [1.54, 1.807) is 0 Å². The fourth-order valence-electron chi connectivity index (χ4n) is 0.639. The van der Waals surface area contributed by atoms with Crippen LogP contribution in [0.2, 0.25) is 0 Å². The highest BCUT2D eigenvalue weighted by molar-refractivity contribution is 8.15. The largest absolute Gasteiger partial charge is 0.331 e. The number of hydrogen-bond donors (Lipinski definition) is 1. The second-order valence-electron chi connectivity index (χ2n) is 1.75. The van der Waals surface area contributed by atoms with Crippen molar-refractivity contribution in [3.8, 4) is 0 Å². The van der Waals surface area contributed by atoms with E-state index >= 15 is 0 Å².